The molecule has 0 amide bonds. The van der Waals surface area contributed by atoms with Crippen molar-refractivity contribution in [2.45, 2.75) is 125 Å². The number of rotatable bonds is 10. The molecule has 0 spiro atoms. The molecule has 0 aromatic rings. The van der Waals surface area contributed by atoms with Gasteiger partial charge in [0.2, 0.25) is 0 Å². The number of hydrogen-bond donors (Lipinski definition) is 10. The first-order valence-electron chi connectivity index (χ1n) is 14.4. The van der Waals surface area contributed by atoms with Crippen LogP contribution in [0.5, 0.6) is 0 Å². The lowest BCUT2D eigenvalue weighted by atomic mass is 9.82. The standard InChI is InChI=1S/C26H49N5O9/c1-13-18(33)23(37-12-25(13,2)35)40-21-17(31-24(29)26(36)10-30-11-26)9-16(28)20(19(21)34)39-22-15(27)7-6-14(38-22)5-3-4-8-32/h13-23,30,32-36H,3-12,27-28H2,1-2H3,(H2,29,31)/t13-,14-,15?,16+,17-,18?,19?,20?,21?,22-,23-,25?/m1/s1. The molecule has 0 aromatic carbocycles. The van der Waals surface area contributed by atoms with E-state index in [0.29, 0.717) is 12.8 Å². The van der Waals surface area contributed by atoms with Crippen LogP contribution < -0.4 is 22.1 Å². The van der Waals surface area contributed by atoms with E-state index in [2.05, 4.69) is 10.6 Å². The molecule has 0 aromatic heterocycles. The third-order valence-corrected chi connectivity index (χ3v) is 8.97. The van der Waals surface area contributed by atoms with E-state index in [1.165, 1.54) is 0 Å². The van der Waals surface area contributed by atoms with Crippen LogP contribution in [0.1, 0.15) is 52.4 Å². The highest BCUT2D eigenvalue weighted by molar-refractivity contribution is 5.89. The smallest absolute Gasteiger partial charge is 0.184 e. The Bertz CT molecular complexity index is 849. The number of amidine groups is 1. The summed E-state index contributed by atoms with van der Waals surface area (Å²) in [5, 5.41) is 67.0. The minimum absolute atomic E-state index is 0.0834. The monoisotopic (exact) mass is 575 g/mol. The van der Waals surface area contributed by atoms with Gasteiger partial charge in [-0.15, -0.1) is 0 Å². The van der Waals surface area contributed by atoms with Crippen LogP contribution in [0.15, 0.2) is 0 Å². The summed E-state index contributed by atoms with van der Waals surface area (Å²) in [5.74, 6) is -0.711. The molecule has 40 heavy (non-hydrogen) atoms. The van der Waals surface area contributed by atoms with Gasteiger partial charge in [-0.2, -0.15) is 0 Å². The Labute approximate surface area is 235 Å². The van der Waals surface area contributed by atoms with Crippen molar-refractivity contribution < 1.29 is 44.5 Å². The second-order valence-electron chi connectivity index (χ2n) is 12.3. The Morgan fingerprint density at radius 2 is 1.75 bits per heavy atom. The van der Waals surface area contributed by atoms with E-state index in [9.17, 15) is 20.4 Å². The number of aliphatic hydroxyl groups excluding tert-OH is 3. The first-order valence-corrected chi connectivity index (χ1v) is 14.4. The normalized spacial score (nSPS) is 45.5. The summed E-state index contributed by atoms with van der Waals surface area (Å²) < 4.78 is 24.2. The number of hydrogen-bond acceptors (Lipinski definition) is 13. The molecule has 1 aliphatic carbocycles. The number of β-amino-alcohol motifs (C(OH)–C–C–N with tert-alkyl or cyclic N) is 1. The van der Waals surface area contributed by atoms with Crippen molar-refractivity contribution in [2.24, 2.45) is 17.4 Å². The van der Waals surface area contributed by atoms with Crippen molar-refractivity contribution in [3.63, 3.8) is 0 Å². The molecule has 0 bridgehead atoms. The van der Waals surface area contributed by atoms with E-state index < -0.39 is 72.2 Å². The lowest BCUT2D eigenvalue weighted by molar-refractivity contribution is -0.314. The highest BCUT2D eigenvalue weighted by atomic mass is 16.7. The molecule has 3 aliphatic heterocycles. The molecule has 3 saturated heterocycles. The summed E-state index contributed by atoms with van der Waals surface area (Å²) in [7, 11) is 0. The van der Waals surface area contributed by atoms with Crippen LogP contribution in [-0.4, -0.2) is 130 Å². The maximum Gasteiger partial charge on any atom is 0.184 e. The zero-order valence-corrected chi connectivity index (χ0v) is 23.4. The predicted octanol–water partition coefficient (Wildman–Crippen LogP) is -2.78. The molecule has 232 valence electrons. The molecule has 4 fully saturated rings. The van der Waals surface area contributed by atoms with E-state index in [-0.39, 0.29) is 44.7 Å². The van der Waals surface area contributed by atoms with Crippen LogP contribution in [0.4, 0.5) is 0 Å². The lowest BCUT2D eigenvalue weighted by Gasteiger charge is -2.49. The molecule has 12 atom stereocenters. The molecule has 1 saturated carbocycles. The van der Waals surface area contributed by atoms with Gasteiger partial charge in [0.15, 0.2) is 12.6 Å². The summed E-state index contributed by atoms with van der Waals surface area (Å²) in [6, 6.07) is -1.84. The highest BCUT2D eigenvalue weighted by Gasteiger charge is 2.52. The van der Waals surface area contributed by atoms with Crippen LogP contribution in [-0.2, 0) is 18.9 Å². The fourth-order valence-electron chi connectivity index (χ4n) is 5.81. The van der Waals surface area contributed by atoms with E-state index >= 15 is 0 Å². The van der Waals surface area contributed by atoms with Crippen molar-refractivity contribution >= 4 is 5.84 Å². The Kier molecular flexibility index (Phi) is 10.5. The number of aliphatic hydroxyl groups is 5. The number of unbranched alkanes of at least 4 members (excludes halogenated alkanes) is 1. The summed E-state index contributed by atoms with van der Waals surface area (Å²) in [5.41, 5.74) is 10.2. The maximum atomic E-state index is 11.6. The molecule has 12 N–H and O–H groups in total. The van der Waals surface area contributed by atoms with Crippen LogP contribution in [0.25, 0.3) is 0 Å². The molecular weight excluding hydrogens is 526 g/mol. The molecule has 4 aliphatic rings. The van der Waals surface area contributed by atoms with Crippen LogP contribution in [0.3, 0.4) is 0 Å². The number of nitrogens with two attached hydrogens (primary N) is 2. The van der Waals surface area contributed by atoms with Gasteiger partial charge >= 0.3 is 0 Å². The SMILES string of the molecule is C[C@@H]1C(O)[C@@H](OC2C(O)C(O[C@H]3O[C@H](CCCCO)CCC3N)[C@@H](N)C[C@H]2NC(=N)C2(O)CNC2)OCC1(C)O. The Balaban J connectivity index is 1.49. The summed E-state index contributed by atoms with van der Waals surface area (Å²) in [6.45, 7) is 3.72. The van der Waals surface area contributed by atoms with Crippen LogP contribution in [0.2, 0.25) is 0 Å². The Morgan fingerprint density at radius 1 is 1.05 bits per heavy atom. The van der Waals surface area contributed by atoms with Gasteiger partial charge in [-0.25, -0.2) is 0 Å². The van der Waals surface area contributed by atoms with Gasteiger partial charge in [0.25, 0.3) is 0 Å². The van der Waals surface area contributed by atoms with Gasteiger partial charge in [-0.1, -0.05) is 6.92 Å². The average molecular weight is 576 g/mol. The minimum Gasteiger partial charge on any atom is -0.396 e. The lowest BCUT2D eigenvalue weighted by Crippen LogP contribution is -2.72. The molecule has 3 heterocycles. The van der Waals surface area contributed by atoms with Crippen molar-refractivity contribution in [3.8, 4) is 0 Å². The number of nitrogens with one attached hydrogen (secondary N) is 3. The van der Waals surface area contributed by atoms with Crippen molar-refractivity contribution in [3.05, 3.63) is 0 Å². The maximum absolute atomic E-state index is 11.6. The van der Waals surface area contributed by atoms with Gasteiger partial charge in [0.05, 0.1) is 30.4 Å². The molecule has 6 unspecified atom stereocenters. The second-order valence-corrected chi connectivity index (χ2v) is 12.3. The zero-order chi connectivity index (χ0) is 29.2. The van der Waals surface area contributed by atoms with Crippen molar-refractivity contribution in [1.29, 1.82) is 5.41 Å². The van der Waals surface area contributed by atoms with Crippen LogP contribution in [0, 0.1) is 11.3 Å². The molecule has 14 nitrogen and oxygen atoms in total. The first-order chi connectivity index (χ1) is 18.9. The third-order valence-electron chi connectivity index (χ3n) is 8.97. The molecular formula is C26H49N5O9. The van der Waals surface area contributed by atoms with Gasteiger partial charge < -0.3 is 66.6 Å². The fourth-order valence-corrected chi connectivity index (χ4v) is 5.81. The molecule has 14 heteroatoms. The quantitative estimate of drug-likeness (QED) is 0.0721. The third kappa shape index (κ3) is 6.96. The minimum atomic E-state index is -1.37. The summed E-state index contributed by atoms with van der Waals surface area (Å²) in [4.78, 5) is 0. The van der Waals surface area contributed by atoms with Gasteiger partial charge in [0, 0.05) is 31.7 Å². The Morgan fingerprint density at radius 3 is 2.40 bits per heavy atom. The average Bonchev–Trinajstić information content (AvgIpc) is 2.89. The van der Waals surface area contributed by atoms with E-state index in [1.807, 2.05) is 0 Å². The van der Waals surface area contributed by atoms with E-state index in [4.69, 9.17) is 40.9 Å². The van der Waals surface area contributed by atoms with E-state index in [1.54, 1.807) is 13.8 Å². The van der Waals surface area contributed by atoms with Crippen molar-refractivity contribution in [2.75, 3.05) is 26.3 Å². The summed E-state index contributed by atoms with van der Waals surface area (Å²) in [6.07, 6.45) is -2.72. The Hall–Kier alpha value is -1.01. The van der Waals surface area contributed by atoms with Gasteiger partial charge in [-0.05, 0) is 45.4 Å². The van der Waals surface area contributed by atoms with Crippen LogP contribution >= 0.6 is 0 Å². The summed E-state index contributed by atoms with van der Waals surface area (Å²) >= 11 is 0. The topological polar surface area (TPSA) is 238 Å². The van der Waals surface area contributed by atoms with Crippen molar-refractivity contribution in [1.82, 2.24) is 10.6 Å². The van der Waals surface area contributed by atoms with Gasteiger partial charge in [-0.3, -0.25) is 5.41 Å². The molecule has 4 rings (SSSR count). The van der Waals surface area contributed by atoms with Gasteiger partial charge in [0.1, 0.15) is 35.9 Å². The predicted molar refractivity (Wildman–Crippen MR) is 143 cm³/mol. The highest BCUT2D eigenvalue weighted by Crippen LogP contribution is 2.34. The largest absolute Gasteiger partial charge is 0.396 e. The molecule has 0 radical (unpaired) electrons. The first kappa shape index (κ1) is 31.9. The van der Waals surface area contributed by atoms with E-state index in [0.717, 1.165) is 19.3 Å². The number of ether oxygens (including phenoxy) is 4. The zero-order valence-electron chi connectivity index (χ0n) is 23.4. The second kappa shape index (κ2) is 13.1. The fraction of sp³-hybridized carbons (Fsp3) is 0.962.